The van der Waals surface area contributed by atoms with Gasteiger partial charge in [0, 0.05) is 22.0 Å². The number of hydrogen-bond donors (Lipinski definition) is 4. The lowest BCUT2D eigenvalue weighted by atomic mass is 10.1. The van der Waals surface area contributed by atoms with Gasteiger partial charge in [-0.1, -0.05) is 24.3 Å². The van der Waals surface area contributed by atoms with Crippen molar-refractivity contribution in [1.82, 2.24) is 10.4 Å². The zero-order chi connectivity index (χ0) is 20.2. The Morgan fingerprint density at radius 3 is 2.52 bits per heavy atom. The smallest absolute Gasteiger partial charge is 0.289 e. The van der Waals surface area contributed by atoms with Gasteiger partial charge >= 0.3 is 0 Å². The number of nitrogen functional groups attached to an aromatic ring is 1. The van der Waals surface area contributed by atoms with Crippen molar-refractivity contribution in [3.63, 3.8) is 0 Å². The van der Waals surface area contributed by atoms with Gasteiger partial charge in [-0.15, -0.1) is 11.3 Å². The zero-order valence-electron chi connectivity index (χ0n) is 15.2. The van der Waals surface area contributed by atoms with Gasteiger partial charge in [0.2, 0.25) is 0 Å². The summed E-state index contributed by atoms with van der Waals surface area (Å²) in [6, 6.07) is 18.0. The van der Waals surface area contributed by atoms with Gasteiger partial charge in [0.05, 0.1) is 16.9 Å². The van der Waals surface area contributed by atoms with Crippen LogP contribution in [0.25, 0.3) is 10.8 Å². The number of carbonyl (C=O) groups excluding carboxylic acids is 2. The van der Waals surface area contributed by atoms with Crippen molar-refractivity contribution in [3.05, 3.63) is 82.8 Å². The number of carbonyl (C=O) groups is 2. The Labute approximate surface area is 170 Å². The molecule has 7 nitrogen and oxygen atoms in total. The molecule has 0 saturated carbocycles. The predicted octanol–water partition coefficient (Wildman–Crippen LogP) is 3.89. The number of anilines is 3. The largest absolute Gasteiger partial charge is 0.399 e. The normalized spacial score (nSPS) is 10.5. The van der Waals surface area contributed by atoms with E-state index in [1.165, 1.54) is 11.3 Å². The molecule has 4 rings (SSSR count). The summed E-state index contributed by atoms with van der Waals surface area (Å²) in [5.41, 5.74) is 15.4. The van der Waals surface area contributed by atoms with Crippen molar-refractivity contribution in [2.75, 3.05) is 16.5 Å². The van der Waals surface area contributed by atoms with Crippen molar-refractivity contribution in [1.29, 1.82) is 0 Å². The van der Waals surface area contributed by atoms with E-state index in [4.69, 9.17) is 5.73 Å². The second kappa shape index (κ2) is 7.99. The highest BCUT2D eigenvalue weighted by Gasteiger charge is 2.11. The van der Waals surface area contributed by atoms with E-state index in [0.717, 1.165) is 10.8 Å². The topological polar surface area (TPSA) is 109 Å². The van der Waals surface area contributed by atoms with E-state index < -0.39 is 0 Å². The van der Waals surface area contributed by atoms with E-state index in [1.54, 1.807) is 41.2 Å². The summed E-state index contributed by atoms with van der Waals surface area (Å²) in [7, 11) is 0. The SMILES string of the molecule is Nc1ccc(C(=O)Nc2cc(NNC(=O)c3cscn3)cc3ccccc23)cc1. The van der Waals surface area contributed by atoms with Crippen LogP contribution in [0.4, 0.5) is 17.1 Å². The lowest BCUT2D eigenvalue weighted by Gasteiger charge is -2.13. The number of rotatable bonds is 5. The molecule has 144 valence electrons. The van der Waals surface area contributed by atoms with Crippen LogP contribution in [-0.4, -0.2) is 16.8 Å². The first kappa shape index (κ1) is 18.5. The van der Waals surface area contributed by atoms with Crippen LogP contribution in [0.1, 0.15) is 20.8 Å². The number of fused-ring (bicyclic) bond motifs is 1. The van der Waals surface area contributed by atoms with Crippen LogP contribution in [0.2, 0.25) is 0 Å². The van der Waals surface area contributed by atoms with Gasteiger partial charge in [0.25, 0.3) is 11.8 Å². The molecule has 0 bridgehead atoms. The van der Waals surface area contributed by atoms with E-state index >= 15 is 0 Å². The molecule has 0 aliphatic heterocycles. The molecule has 0 aliphatic rings. The van der Waals surface area contributed by atoms with Crippen LogP contribution in [-0.2, 0) is 0 Å². The highest BCUT2D eigenvalue weighted by Crippen LogP contribution is 2.28. The minimum atomic E-state index is -0.341. The van der Waals surface area contributed by atoms with E-state index in [-0.39, 0.29) is 11.8 Å². The molecule has 0 aliphatic carbocycles. The van der Waals surface area contributed by atoms with Crippen LogP contribution in [0.15, 0.2) is 71.6 Å². The molecule has 0 radical (unpaired) electrons. The number of nitrogens with one attached hydrogen (secondary N) is 3. The molecular weight excluding hydrogens is 386 g/mol. The Morgan fingerprint density at radius 1 is 0.966 bits per heavy atom. The fourth-order valence-corrected chi connectivity index (χ4v) is 3.36. The molecule has 5 N–H and O–H groups in total. The van der Waals surface area contributed by atoms with Gasteiger partial charge in [-0.25, -0.2) is 4.98 Å². The highest BCUT2D eigenvalue weighted by atomic mass is 32.1. The van der Waals surface area contributed by atoms with E-state index in [2.05, 4.69) is 21.2 Å². The Bertz CT molecular complexity index is 1170. The third-order valence-corrected chi connectivity index (χ3v) is 4.85. The Hall–Kier alpha value is -3.91. The molecule has 3 aromatic carbocycles. The molecule has 0 fully saturated rings. The van der Waals surface area contributed by atoms with E-state index in [0.29, 0.717) is 28.3 Å². The number of nitrogens with zero attached hydrogens (tertiary/aromatic N) is 1. The molecule has 1 aromatic heterocycles. The van der Waals surface area contributed by atoms with Gasteiger partial charge in [-0.3, -0.25) is 20.4 Å². The molecule has 0 saturated heterocycles. The third-order valence-electron chi connectivity index (χ3n) is 4.27. The van der Waals surface area contributed by atoms with E-state index in [9.17, 15) is 9.59 Å². The van der Waals surface area contributed by atoms with Gasteiger partial charge in [-0.05, 0) is 41.8 Å². The van der Waals surface area contributed by atoms with Crippen LogP contribution < -0.4 is 21.9 Å². The van der Waals surface area contributed by atoms with Crippen molar-refractivity contribution in [2.24, 2.45) is 0 Å². The van der Waals surface area contributed by atoms with Crippen LogP contribution in [0.3, 0.4) is 0 Å². The van der Waals surface area contributed by atoms with Gasteiger partial charge < -0.3 is 11.1 Å². The summed E-state index contributed by atoms with van der Waals surface area (Å²) in [5.74, 6) is -0.592. The monoisotopic (exact) mass is 403 g/mol. The summed E-state index contributed by atoms with van der Waals surface area (Å²) >= 11 is 1.34. The zero-order valence-corrected chi connectivity index (χ0v) is 16.0. The second-order valence-electron chi connectivity index (χ2n) is 6.27. The Morgan fingerprint density at radius 2 is 1.76 bits per heavy atom. The number of benzene rings is 3. The maximum absolute atomic E-state index is 12.7. The summed E-state index contributed by atoms with van der Waals surface area (Å²) in [6.07, 6.45) is 0. The summed E-state index contributed by atoms with van der Waals surface area (Å²) in [5, 5.41) is 6.39. The number of hydrazine groups is 1. The summed E-state index contributed by atoms with van der Waals surface area (Å²) in [6.45, 7) is 0. The minimum absolute atomic E-state index is 0.251. The van der Waals surface area contributed by atoms with Gasteiger partial charge in [0.1, 0.15) is 5.69 Å². The fraction of sp³-hybridized carbons (Fsp3) is 0. The first-order valence-corrected chi connectivity index (χ1v) is 9.69. The van der Waals surface area contributed by atoms with Crippen molar-refractivity contribution >= 4 is 51.0 Å². The van der Waals surface area contributed by atoms with Crippen molar-refractivity contribution < 1.29 is 9.59 Å². The highest BCUT2D eigenvalue weighted by molar-refractivity contribution is 7.07. The lowest BCUT2D eigenvalue weighted by Crippen LogP contribution is -2.29. The molecular formula is C21H17N5O2S. The van der Waals surface area contributed by atoms with E-state index in [1.807, 2.05) is 30.3 Å². The molecule has 4 aromatic rings. The van der Waals surface area contributed by atoms with Crippen molar-refractivity contribution in [2.45, 2.75) is 0 Å². The molecule has 2 amide bonds. The number of aromatic nitrogens is 1. The van der Waals surface area contributed by atoms with Crippen LogP contribution in [0.5, 0.6) is 0 Å². The molecule has 29 heavy (non-hydrogen) atoms. The minimum Gasteiger partial charge on any atom is -0.399 e. The Balaban J connectivity index is 1.59. The fourth-order valence-electron chi connectivity index (χ4n) is 2.83. The number of thiazole rings is 1. The first-order valence-electron chi connectivity index (χ1n) is 8.74. The summed E-state index contributed by atoms with van der Waals surface area (Å²) in [4.78, 5) is 28.7. The van der Waals surface area contributed by atoms with Gasteiger partial charge in [-0.2, -0.15) is 0 Å². The number of nitrogens with two attached hydrogens (primary N) is 1. The average Bonchev–Trinajstić information content (AvgIpc) is 3.27. The Kier molecular flexibility index (Phi) is 5.08. The van der Waals surface area contributed by atoms with Crippen molar-refractivity contribution in [3.8, 4) is 0 Å². The molecule has 0 atom stereocenters. The quantitative estimate of drug-likeness (QED) is 0.299. The molecule has 0 unspecified atom stereocenters. The lowest BCUT2D eigenvalue weighted by molar-refractivity contribution is 0.0957. The molecule has 1 heterocycles. The second-order valence-corrected chi connectivity index (χ2v) is 6.99. The third kappa shape index (κ3) is 4.17. The number of hydrogen-bond acceptors (Lipinski definition) is 6. The predicted molar refractivity (Wildman–Crippen MR) is 116 cm³/mol. The van der Waals surface area contributed by atoms with Crippen LogP contribution in [0, 0.1) is 0 Å². The first-order chi connectivity index (χ1) is 14.1. The maximum Gasteiger partial charge on any atom is 0.289 e. The molecule has 8 heteroatoms. The number of amides is 2. The summed E-state index contributed by atoms with van der Waals surface area (Å²) < 4.78 is 0. The standard InChI is InChI=1S/C21H17N5O2S/c22-15-7-5-13(6-8-15)20(27)24-18-10-16(9-14-3-1-2-4-17(14)18)25-26-21(28)19-11-29-12-23-19/h1-12,25H,22H2,(H,24,27)(H,26,28). The maximum atomic E-state index is 12.7. The van der Waals surface area contributed by atoms with Crippen LogP contribution >= 0.6 is 11.3 Å². The molecule has 0 spiro atoms. The average molecular weight is 403 g/mol. The van der Waals surface area contributed by atoms with Gasteiger partial charge in [0.15, 0.2) is 0 Å².